The summed E-state index contributed by atoms with van der Waals surface area (Å²) in [7, 11) is 0. The highest BCUT2D eigenvalue weighted by molar-refractivity contribution is 5.85. The van der Waals surface area contributed by atoms with Crippen molar-refractivity contribution in [3.8, 4) is 0 Å². The first kappa shape index (κ1) is 12.7. The second kappa shape index (κ2) is 4.66. The van der Waals surface area contributed by atoms with Crippen LogP contribution in [0.15, 0.2) is 18.3 Å². The largest absolute Gasteiger partial charge is 0.328 e. The third-order valence-electron chi connectivity index (χ3n) is 3.30. The molecule has 0 N–H and O–H groups in total. The number of carbonyl (C=O) groups excluding carboxylic acids is 1. The van der Waals surface area contributed by atoms with E-state index in [0.29, 0.717) is 19.0 Å². The normalized spacial score (nSPS) is 15.4. The highest BCUT2D eigenvalue weighted by Gasteiger charge is 2.27. The molecule has 1 aliphatic heterocycles. The minimum atomic E-state index is -0.961. The molecule has 1 aromatic carbocycles. The fraction of sp³-hybridized carbons (Fsp3) is 0.308. The minimum Gasteiger partial charge on any atom is -0.328 e. The van der Waals surface area contributed by atoms with Gasteiger partial charge in [0.15, 0.2) is 11.6 Å². The highest BCUT2D eigenvalue weighted by atomic mass is 19.2. The molecule has 1 amide bonds. The van der Waals surface area contributed by atoms with Gasteiger partial charge in [0.1, 0.15) is 12.4 Å². The van der Waals surface area contributed by atoms with Crippen molar-refractivity contribution in [3.05, 3.63) is 30.0 Å². The number of halogens is 2. The number of nitrogens with zero attached hydrogens (tertiary/aromatic N) is 4. The number of anilines is 1. The molecule has 0 spiro atoms. The van der Waals surface area contributed by atoms with Crippen molar-refractivity contribution < 1.29 is 13.6 Å². The maximum Gasteiger partial charge on any atom is 0.243 e. The molecule has 1 aromatic heterocycles. The van der Waals surface area contributed by atoms with E-state index in [1.807, 2.05) is 6.92 Å². The van der Waals surface area contributed by atoms with Crippen LogP contribution in [0.3, 0.4) is 0 Å². The van der Waals surface area contributed by atoms with Gasteiger partial charge in [-0.3, -0.25) is 9.78 Å². The standard InChI is InChI=1S/C13H12F2N4O/c1-2-18-7-19(6-13(18)20)12-5-16-10-3-8(14)9(15)4-11(10)17-12/h3-5H,2,6-7H2,1H3. The lowest BCUT2D eigenvalue weighted by atomic mass is 10.3. The SMILES string of the molecule is CCN1CN(c2cnc3cc(F)c(F)cc3n2)CC1=O. The van der Waals surface area contributed by atoms with E-state index in [-0.39, 0.29) is 23.5 Å². The molecule has 0 saturated carbocycles. The Morgan fingerprint density at radius 2 is 1.95 bits per heavy atom. The van der Waals surface area contributed by atoms with Crippen molar-refractivity contribution in [3.63, 3.8) is 0 Å². The van der Waals surface area contributed by atoms with Crippen molar-refractivity contribution in [1.82, 2.24) is 14.9 Å². The molecular weight excluding hydrogens is 266 g/mol. The summed E-state index contributed by atoms with van der Waals surface area (Å²) in [4.78, 5) is 23.4. The number of aromatic nitrogens is 2. The number of fused-ring (bicyclic) bond motifs is 1. The van der Waals surface area contributed by atoms with Crippen molar-refractivity contribution in [2.45, 2.75) is 6.92 Å². The van der Waals surface area contributed by atoms with E-state index < -0.39 is 11.6 Å². The predicted molar refractivity (Wildman–Crippen MR) is 69.1 cm³/mol. The van der Waals surface area contributed by atoms with Crippen molar-refractivity contribution in [1.29, 1.82) is 0 Å². The first-order valence-electron chi connectivity index (χ1n) is 6.23. The summed E-state index contributed by atoms with van der Waals surface area (Å²) in [6.07, 6.45) is 1.46. The van der Waals surface area contributed by atoms with E-state index in [1.165, 1.54) is 6.20 Å². The molecule has 0 unspecified atom stereocenters. The number of hydrogen-bond donors (Lipinski definition) is 0. The summed E-state index contributed by atoms with van der Waals surface area (Å²) in [5, 5.41) is 0. The lowest BCUT2D eigenvalue weighted by Crippen LogP contribution is -2.27. The smallest absolute Gasteiger partial charge is 0.243 e. The number of likely N-dealkylation sites (N-methyl/N-ethyl adjacent to an activating group) is 1. The minimum absolute atomic E-state index is 0.0136. The Kier molecular flexibility index (Phi) is 2.96. The van der Waals surface area contributed by atoms with Crippen molar-refractivity contribution in [2.24, 2.45) is 0 Å². The summed E-state index contributed by atoms with van der Waals surface area (Å²) in [5.41, 5.74) is 0.550. The van der Waals surface area contributed by atoms with E-state index in [0.717, 1.165) is 12.1 Å². The van der Waals surface area contributed by atoms with Crippen LogP contribution in [0.25, 0.3) is 11.0 Å². The summed E-state index contributed by atoms with van der Waals surface area (Å²) < 4.78 is 26.3. The quantitative estimate of drug-likeness (QED) is 0.836. The van der Waals surface area contributed by atoms with E-state index in [1.54, 1.807) is 9.80 Å². The average Bonchev–Trinajstić information content (AvgIpc) is 2.81. The number of amides is 1. The Labute approximate surface area is 113 Å². The first-order valence-corrected chi connectivity index (χ1v) is 6.23. The third-order valence-corrected chi connectivity index (χ3v) is 3.30. The van der Waals surface area contributed by atoms with Gasteiger partial charge in [-0.05, 0) is 6.92 Å². The molecule has 1 aliphatic rings. The van der Waals surface area contributed by atoms with E-state index in [9.17, 15) is 13.6 Å². The summed E-state index contributed by atoms with van der Waals surface area (Å²) >= 11 is 0. The summed E-state index contributed by atoms with van der Waals surface area (Å²) in [5.74, 6) is -1.42. The van der Waals surface area contributed by atoms with E-state index in [2.05, 4.69) is 9.97 Å². The maximum absolute atomic E-state index is 13.2. The topological polar surface area (TPSA) is 49.3 Å². The molecule has 0 bridgehead atoms. The molecule has 2 aromatic rings. The Bertz CT molecular complexity index is 691. The monoisotopic (exact) mass is 278 g/mol. The molecule has 1 fully saturated rings. The Balaban J connectivity index is 1.97. The van der Waals surface area contributed by atoms with E-state index >= 15 is 0 Å². The molecule has 7 heteroatoms. The van der Waals surface area contributed by atoms with Crippen LogP contribution in [0.2, 0.25) is 0 Å². The van der Waals surface area contributed by atoms with Gasteiger partial charge < -0.3 is 9.80 Å². The summed E-state index contributed by atoms with van der Waals surface area (Å²) in [6.45, 7) is 3.17. The molecule has 1 saturated heterocycles. The molecule has 3 rings (SSSR count). The third kappa shape index (κ3) is 2.04. The first-order chi connectivity index (χ1) is 9.58. The number of hydrogen-bond acceptors (Lipinski definition) is 4. The van der Waals surface area contributed by atoms with Gasteiger partial charge in [-0.25, -0.2) is 13.8 Å². The zero-order valence-corrected chi connectivity index (χ0v) is 10.8. The van der Waals surface area contributed by atoms with Gasteiger partial charge in [0, 0.05) is 18.7 Å². The van der Waals surface area contributed by atoms with Crippen LogP contribution in [-0.4, -0.2) is 40.5 Å². The van der Waals surface area contributed by atoms with Crippen LogP contribution in [0, 0.1) is 11.6 Å². The number of rotatable bonds is 2. The van der Waals surface area contributed by atoms with Crippen LogP contribution in [-0.2, 0) is 4.79 Å². The lowest BCUT2D eigenvalue weighted by molar-refractivity contribution is -0.126. The second-order valence-corrected chi connectivity index (χ2v) is 4.57. The van der Waals surface area contributed by atoms with Crippen LogP contribution < -0.4 is 4.90 Å². The predicted octanol–water partition coefficient (Wildman–Crippen LogP) is 1.53. The molecule has 0 aliphatic carbocycles. The zero-order chi connectivity index (χ0) is 14.3. The van der Waals surface area contributed by atoms with Crippen LogP contribution in [0.1, 0.15) is 6.92 Å². The molecule has 20 heavy (non-hydrogen) atoms. The van der Waals surface area contributed by atoms with Crippen LogP contribution >= 0.6 is 0 Å². The van der Waals surface area contributed by atoms with Crippen molar-refractivity contribution in [2.75, 3.05) is 24.7 Å². The van der Waals surface area contributed by atoms with Gasteiger partial charge in [0.25, 0.3) is 0 Å². The Hall–Kier alpha value is -2.31. The van der Waals surface area contributed by atoms with Gasteiger partial charge in [-0.1, -0.05) is 0 Å². The Morgan fingerprint density at radius 3 is 2.60 bits per heavy atom. The summed E-state index contributed by atoms with van der Waals surface area (Å²) in [6, 6.07) is 2.02. The van der Waals surface area contributed by atoms with Gasteiger partial charge in [-0.2, -0.15) is 0 Å². The Morgan fingerprint density at radius 1 is 1.25 bits per heavy atom. The van der Waals surface area contributed by atoms with Gasteiger partial charge in [0.05, 0.1) is 23.9 Å². The number of benzene rings is 1. The molecular formula is C13H12F2N4O. The van der Waals surface area contributed by atoms with Crippen LogP contribution in [0.4, 0.5) is 14.6 Å². The fourth-order valence-electron chi connectivity index (χ4n) is 2.18. The highest BCUT2D eigenvalue weighted by Crippen LogP contribution is 2.20. The van der Waals surface area contributed by atoms with Crippen LogP contribution in [0.5, 0.6) is 0 Å². The second-order valence-electron chi connectivity index (χ2n) is 4.57. The molecule has 0 atom stereocenters. The molecule has 2 heterocycles. The lowest BCUT2D eigenvalue weighted by Gasteiger charge is -2.17. The zero-order valence-electron chi connectivity index (χ0n) is 10.8. The number of carbonyl (C=O) groups is 1. The van der Waals surface area contributed by atoms with E-state index in [4.69, 9.17) is 0 Å². The van der Waals surface area contributed by atoms with Gasteiger partial charge in [-0.15, -0.1) is 0 Å². The molecule has 104 valence electrons. The molecule has 5 nitrogen and oxygen atoms in total. The fourth-order valence-corrected chi connectivity index (χ4v) is 2.18. The molecule has 0 radical (unpaired) electrons. The van der Waals surface area contributed by atoms with Gasteiger partial charge in [0.2, 0.25) is 5.91 Å². The van der Waals surface area contributed by atoms with Crippen molar-refractivity contribution >= 4 is 22.8 Å². The average molecular weight is 278 g/mol. The maximum atomic E-state index is 13.2. The van der Waals surface area contributed by atoms with Gasteiger partial charge >= 0.3 is 0 Å².